The Morgan fingerprint density at radius 3 is 2.52 bits per heavy atom. The van der Waals surface area contributed by atoms with Crippen molar-refractivity contribution in [3.05, 3.63) is 66.0 Å². The van der Waals surface area contributed by atoms with E-state index < -0.39 is 5.54 Å². The molecule has 0 N–H and O–H groups in total. The van der Waals surface area contributed by atoms with Crippen LogP contribution in [0.25, 0.3) is 0 Å². The zero-order valence-electron chi connectivity index (χ0n) is 17.5. The summed E-state index contributed by atoms with van der Waals surface area (Å²) in [4.78, 5) is 34.1. The molecule has 3 atom stereocenters. The Morgan fingerprint density at radius 2 is 1.90 bits per heavy atom. The molecule has 1 aromatic heterocycles. The van der Waals surface area contributed by atoms with Crippen molar-refractivity contribution >= 4 is 11.9 Å². The molecule has 1 aliphatic rings. The first kappa shape index (κ1) is 21.0. The van der Waals surface area contributed by atoms with Crippen molar-refractivity contribution in [1.82, 2.24) is 14.8 Å². The molecule has 1 aromatic carbocycles. The Labute approximate surface area is 172 Å². The molecule has 0 spiro atoms. The molecule has 2 aromatic rings. The van der Waals surface area contributed by atoms with E-state index in [0.717, 1.165) is 11.3 Å². The molecule has 29 heavy (non-hydrogen) atoms. The van der Waals surface area contributed by atoms with Gasteiger partial charge in [-0.15, -0.1) is 0 Å². The van der Waals surface area contributed by atoms with Gasteiger partial charge in [0.1, 0.15) is 5.54 Å². The predicted octanol–water partition coefficient (Wildman–Crippen LogP) is 2.71. The number of esters is 1. The number of likely N-dealkylation sites (N-methyl/N-ethyl adjacent to an activating group) is 2. The molecule has 0 unspecified atom stereocenters. The van der Waals surface area contributed by atoms with Gasteiger partial charge in [-0.25, -0.2) is 0 Å². The first-order valence-electron chi connectivity index (χ1n) is 9.89. The van der Waals surface area contributed by atoms with Crippen molar-refractivity contribution in [2.45, 2.75) is 31.3 Å². The van der Waals surface area contributed by atoms with E-state index in [-0.39, 0.29) is 23.8 Å². The molecule has 154 valence electrons. The molecule has 1 amide bonds. The van der Waals surface area contributed by atoms with E-state index in [4.69, 9.17) is 4.74 Å². The smallest absolute Gasteiger partial charge is 0.326 e. The third-order valence-electron chi connectivity index (χ3n) is 6.08. The van der Waals surface area contributed by atoms with E-state index in [1.807, 2.05) is 74.4 Å². The summed E-state index contributed by atoms with van der Waals surface area (Å²) in [6, 6.07) is 15.5. The topological polar surface area (TPSA) is 62.7 Å². The highest BCUT2D eigenvalue weighted by Gasteiger charge is 2.55. The van der Waals surface area contributed by atoms with Gasteiger partial charge in [0, 0.05) is 37.9 Å². The molecule has 0 aliphatic carbocycles. The molecule has 2 heterocycles. The summed E-state index contributed by atoms with van der Waals surface area (Å²) in [7, 11) is 5.12. The normalized spacial score (nSPS) is 24.3. The molecular formula is C23H29N3O3. The maximum atomic E-state index is 13.4. The fraction of sp³-hybridized carbons (Fsp3) is 0.435. The summed E-state index contributed by atoms with van der Waals surface area (Å²) in [5.74, 6) is -0.609. The first-order chi connectivity index (χ1) is 13.9. The maximum absolute atomic E-state index is 13.4. The van der Waals surface area contributed by atoms with Crippen LogP contribution in [0.3, 0.4) is 0 Å². The van der Waals surface area contributed by atoms with Gasteiger partial charge in [-0.2, -0.15) is 0 Å². The van der Waals surface area contributed by atoms with Gasteiger partial charge < -0.3 is 9.64 Å². The second kappa shape index (κ2) is 8.74. The van der Waals surface area contributed by atoms with Crippen LogP contribution in [0.5, 0.6) is 0 Å². The number of carbonyl (C=O) groups is 2. The second-order valence-corrected chi connectivity index (χ2v) is 7.87. The number of hydrogen-bond donors (Lipinski definition) is 0. The van der Waals surface area contributed by atoms with Crippen LogP contribution in [0.15, 0.2) is 54.7 Å². The fourth-order valence-electron chi connectivity index (χ4n) is 4.26. The minimum atomic E-state index is -0.850. The van der Waals surface area contributed by atoms with Gasteiger partial charge in [0.05, 0.1) is 13.0 Å². The summed E-state index contributed by atoms with van der Waals surface area (Å²) >= 11 is 0. The van der Waals surface area contributed by atoms with Crippen molar-refractivity contribution in [3.63, 3.8) is 0 Å². The summed E-state index contributed by atoms with van der Waals surface area (Å²) in [6.45, 7) is 2.43. The zero-order valence-corrected chi connectivity index (χ0v) is 17.5. The third kappa shape index (κ3) is 4.17. The molecule has 1 aliphatic heterocycles. The van der Waals surface area contributed by atoms with Crippen LogP contribution in [-0.4, -0.2) is 59.9 Å². The van der Waals surface area contributed by atoms with Crippen molar-refractivity contribution < 1.29 is 14.3 Å². The molecule has 1 saturated heterocycles. The highest BCUT2D eigenvalue weighted by atomic mass is 16.5. The number of benzene rings is 1. The first-order valence-corrected chi connectivity index (χ1v) is 9.89. The number of nitrogens with zero attached hydrogens (tertiary/aromatic N) is 3. The Hall–Kier alpha value is -2.73. The van der Waals surface area contributed by atoms with Crippen molar-refractivity contribution in [2.75, 3.05) is 27.7 Å². The minimum absolute atomic E-state index is 0.0364. The van der Waals surface area contributed by atoms with Crippen molar-refractivity contribution in [3.8, 4) is 0 Å². The third-order valence-corrected chi connectivity index (χ3v) is 6.08. The van der Waals surface area contributed by atoms with E-state index >= 15 is 0 Å². The lowest BCUT2D eigenvalue weighted by Gasteiger charge is -2.33. The quantitative estimate of drug-likeness (QED) is 0.704. The van der Waals surface area contributed by atoms with Crippen LogP contribution < -0.4 is 0 Å². The van der Waals surface area contributed by atoms with Crippen LogP contribution in [0, 0.1) is 5.92 Å². The average molecular weight is 396 g/mol. The summed E-state index contributed by atoms with van der Waals surface area (Å²) in [5, 5.41) is 0. The number of rotatable bonds is 6. The van der Waals surface area contributed by atoms with Crippen LogP contribution in [0.2, 0.25) is 0 Å². The second-order valence-electron chi connectivity index (χ2n) is 7.87. The number of carbonyl (C=O) groups excluding carboxylic acids is 2. The van der Waals surface area contributed by atoms with Crippen LogP contribution in [0.1, 0.15) is 30.6 Å². The number of aromatic nitrogens is 1. The largest absolute Gasteiger partial charge is 0.468 e. The molecule has 6 heteroatoms. The van der Waals surface area contributed by atoms with Gasteiger partial charge in [0.15, 0.2) is 0 Å². The maximum Gasteiger partial charge on any atom is 0.326 e. The molecule has 1 fully saturated rings. The molecule has 3 rings (SSSR count). The summed E-state index contributed by atoms with van der Waals surface area (Å²) in [6.07, 6.45) is 2.87. The molecule has 0 bridgehead atoms. The Balaban J connectivity index is 1.83. The standard InChI is InChI=1S/C23H29N3O3/c1-23(22(28)29-4)16-19(20(26(23)3)17-10-6-5-7-11-17)21(27)25(2)15-13-18-12-8-9-14-24-18/h5-12,14,19-20H,13,15-16H2,1-4H3/t19-,20-,23-/m1/s1. The SMILES string of the molecule is COC(=O)[C@@]1(C)C[C@@H](C(=O)N(C)CCc2ccccn2)[C@@H](c2ccccc2)N1C. The lowest BCUT2D eigenvalue weighted by molar-refractivity contribution is -0.152. The van der Waals surface area contributed by atoms with E-state index in [0.29, 0.717) is 19.4 Å². The Bertz CT molecular complexity index is 843. The average Bonchev–Trinajstić information content (AvgIpc) is 3.04. The van der Waals surface area contributed by atoms with Crippen LogP contribution >= 0.6 is 0 Å². The van der Waals surface area contributed by atoms with Gasteiger partial charge in [-0.05, 0) is 38.1 Å². The molecule has 0 radical (unpaired) electrons. The minimum Gasteiger partial charge on any atom is -0.468 e. The number of hydrogen-bond acceptors (Lipinski definition) is 5. The van der Waals surface area contributed by atoms with Crippen LogP contribution in [-0.2, 0) is 20.7 Å². The number of methoxy groups -OCH3 is 1. The molecule has 0 saturated carbocycles. The van der Waals surface area contributed by atoms with Crippen molar-refractivity contribution in [2.24, 2.45) is 5.92 Å². The van der Waals surface area contributed by atoms with E-state index in [9.17, 15) is 9.59 Å². The number of likely N-dealkylation sites (tertiary alicyclic amines) is 1. The number of pyridine rings is 1. The number of amides is 1. The van der Waals surface area contributed by atoms with Gasteiger partial charge in [0.25, 0.3) is 0 Å². The van der Waals surface area contributed by atoms with Gasteiger partial charge in [-0.3, -0.25) is 19.5 Å². The molecular weight excluding hydrogens is 366 g/mol. The van der Waals surface area contributed by atoms with E-state index in [1.165, 1.54) is 7.11 Å². The highest BCUT2D eigenvalue weighted by Crippen LogP contribution is 2.46. The van der Waals surface area contributed by atoms with Gasteiger partial charge >= 0.3 is 5.97 Å². The number of ether oxygens (including phenoxy) is 1. The van der Waals surface area contributed by atoms with Gasteiger partial charge in [-0.1, -0.05) is 36.4 Å². The zero-order chi connectivity index (χ0) is 21.0. The lowest BCUT2D eigenvalue weighted by atomic mass is 9.89. The Kier molecular flexibility index (Phi) is 6.33. The summed E-state index contributed by atoms with van der Waals surface area (Å²) in [5.41, 5.74) is 1.13. The summed E-state index contributed by atoms with van der Waals surface area (Å²) < 4.78 is 5.07. The fourth-order valence-corrected chi connectivity index (χ4v) is 4.26. The highest BCUT2D eigenvalue weighted by molar-refractivity contribution is 5.86. The molecule has 6 nitrogen and oxygen atoms in total. The predicted molar refractivity (Wildman–Crippen MR) is 111 cm³/mol. The van der Waals surface area contributed by atoms with Crippen molar-refractivity contribution in [1.29, 1.82) is 0 Å². The Morgan fingerprint density at radius 1 is 1.21 bits per heavy atom. The van der Waals surface area contributed by atoms with Gasteiger partial charge in [0.2, 0.25) is 5.91 Å². The lowest BCUT2D eigenvalue weighted by Crippen LogP contribution is -2.47. The monoisotopic (exact) mass is 395 g/mol. The van der Waals surface area contributed by atoms with E-state index in [2.05, 4.69) is 4.98 Å². The van der Waals surface area contributed by atoms with E-state index in [1.54, 1.807) is 11.1 Å². The van der Waals surface area contributed by atoms with Crippen LogP contribution in [0.4, 0.5) is 0 Å².